The number of piperazine rings is 1. The summed E-state index contributed by atoms with van der Waals surface area (Å²) < 4.78 is 11.6. The summed E-state index contributed by atoms with van der Waals surface area (Å²) in [6, 6.07) is 18.8. The number of ether oxygens (including phenoxy) is 2. The fraction of sp³-hybridized carbons (Fsp3) is 0.530. The number of β-amino-alcohol motifs (C(OH)–C–C–N with tert-alkyl or cyclic N) is 1. The Morgan fingerprint density at radius 1 is 0.667 bits per heavy atom. The van der Waals surface area contributed by atoms with Gasteiger partial charge >= 0.3 is 0 Å². The van der Waals surface area contributed by atoms with Crippen LogP contribution in [0.1, 0.15) is 67.4 Å². The van der Waals surface area contributed by atoms with E-state index >= 15 is 0 Å². The number of carbonyl (C=O) groups excluding carboxylic acids is 7. The minimum atomic E-state index is -2.04. The summed E-state index contributed by atoms with van der Waals surface area (Å²) in [5.41, 5.74) is 15.7. The van der Waals surface area contributed by atoms with Gasteiger partial charge in [0.25, 0.3) is 5.91 Å². The molecule has 28 nitrogen and oxygen atoms in total. The van der Waals surface area contributed by atoms with E-state index in [4.69, 9.17) is 20.9 Å². The van der Waals surface area contributed by atoms with E-state index in [9.17, 15) is 69.3 Å². The fourth-order valence-corrected chi connectivity index (χ4v) is 13.2. The second-order valence-electron chi connectivity index (χ2n) is 25.1. The van der Waals surface area contributed by atoms with Crippen molar-refractivity contribution in [3.63, 3.8) is 0 Å². The van der Waals surface area contributed by atoms with Crippen LogP contribution in [0, 0.1) is 5.92 Å². The van der Waals surface area contributed by atoms with Gasteiger partial charge in [-0.05, 0) is 105 Å². The van der Waals surface area contributed by atoms with Gasteiger partial charge in [-0.15, -0.1) is 24.8 Å². The van der Waals surface area contributed by atoms with Crippen LogP contribution in [0.3, 0.4) is 0 Å². The highest BCUT2D eigenvalue weighted by molar-refractivity contribution is 6.00. The van der Waals surface area contributed by atoms with Gasteiger partial charge in [-0.2, -0.15) is 0 Å². The van der Waals surface area contributed by atoms with Crippen molar-refractivity contribution in [3.05, 3.63) is 114 Å². The smallest absolute Gasteiger partial charge is 0.251 e. The second-order valence-corrected chi connectivity index (χ2v) is 25.1. The van der Waals surface area contributed by atoms with E-state index in [1.807, 2.05) is 18.2 Å². The first-order chi connectivity index (χ1) is 45.0. The Morgan fingerprint density at radius 3 is 1.82 bits per heavy atom. The Labute approximate surface area is 569 Å². The quantitative estimate of drug-likeness (QED) is 0.0562. The lowest BCUT2D eigenvalue weighted by atomic mass is 9.84. The molecule has 5 aliphatic heterocycles. The van der Waals surface area contributed by atoms with Crippen LogP contribution in [0.15, 0.2) is 97.1 Å². The number of nitrogens with two attached hydrogens (primary N) is 2. The molecule has 5 aliphatic rings. The second kappa shape index (κ2) is 34.1. The van der Waals surface area contributed by atoms with Gasteiger partial charge < -0.3 is 108 Å². The molecule has 0 spiro atoms. The maximum Gasteiger partial charge on any atom is 0.251 e. The predicted octanol–water partition coefficient (Wildman–Crippen LogP) is -1.66. The third-order valence-electron chi connectivity index (χ3n) is 18.7. The number of halogens is 2. The number of anilines is 3. The molecular formula is C66H92Cl2N12O16. The number of hydrogen-bond acceptors (Lipinski definition) is 21. The molecule has 0 bridgehead atoms. The molecule has 7 amide bonds. The molecule has 9 rings (SSSR count). The minimum absolute atomic E-state index is 0. The molecule has 5 saturated heterocycles. The Bertz CT molecular complexity index is 3280. The highest BCUT2D eigenvalue weighted by atomic mass is 35.5. The molecule has 526 valence electrons. The van der Waals surface area contributed by atoms with E-state index in [0.717, 1.165) is 65.9 Å². The summed E-state index contributed by atoms with van der Waals surface area (Å²) in [5, 5.41) is 91.6. The molecule has 13 atom stereocenters. The lowest BCUT2D eigenvalue weighted by Gasteiger charge is -2.42. The van der Waals surface area contributed by atoms with Crippen LogP contribution in [0.5, 0.6) is 11.5 Å². The number of hydrogen-bond donors (Lipinski definition) is 14. The van der Waals surface area contributed by atoms with E-state index in [1.54, 1.807) is 38.3 Å². The zero-order valence-electron chi connectivity index (χ0n) is 54.0. The Morgan fingerprint density at radius 2 is 1.24 bits per heavy atom. The standard InChI is InChI=1S/C66H90N12O16.2ClH/c1-38-36-78-57(58(38)85)63(90)69-35-46(80)33-48(70-59(86)41-10-12-43(13-11-41)75-26-28-76(29-27-75)45-16-14-44(15-17-45)74-24-20-66(93-3,21-25-74)42-7-5-4-6-8-42)60(87)71-54(39(2)79)64(91)77-37-47(81)34-49(77)61(88)72-55(62(89)73-56(65(78)92)51(83)19-22-67)52(84)31-40-9-18-50(82)53(32-40)94-30-23-68;;/h4-18,32,38-39,46-49,51-52,54-58,79-85H,19-31,33-37,67-68H2,1-3H3,(H,69,90)(H,70,86)(H,71,87)(H,72,88)(H,73,89);2*1H/t38-,39+,46+,47+,48-,49-,51+,52+,54-,55-,56-,57-,58-;;/m0../s1. The molecule has 4 aromatic carbocycles. The van der Waals surface area contributed by atoms with Crippen LogP contribution >= 0.6 is 24.8 Å². The van der Waals surface area contributed by atoms with Gasteiger partial charge in [0, 0.05) is 120 Å². The van der Waals surface area contributed by atoms with E-state index in [1.165, 1.54) is 30.7 Å². The van der Waals surface area contributed by atoms with Crippen molar-refractivity contribution in [1.82, 2.24) is 36.4 Å². The van der Waals surface area contributed by atoms with Crippen molar-refractivity contribution in [3.8, 4) is 11.5 Å². The van der Waals surface area contributed by atoms with Crippen molar-refractivity contribution in [2.45, 2.75) is 131 Å². The van der Waals surface area contributed by atoms with Crippen molar-refractivity contribution in [2.24, 2.45) is 17.4 Å². The molecule has 0 aliphatic carbocycles. The molecule has 5 heterocycles. The SMILES string of the molecule is COC1(c2ccccc2)CCN(c2ccc(N3CCN(c4ccc(C(=O)N[C@H]5C[C@@H](O)CNC(=O)[C@@H]6[C@@H](O)[C@@H](C)CN6C(=O)[C@H]([C@H](O)CCN)NC(=O)[C@H]([C@H](O)Cc6ccc(O)c(OCCN)c6)NC(=O)[C@@H]6C[C@@H](O)CN6C(=O)[C@H]([C@@H](C)O)NC5=O)cc4)CC3)cc2)CC1.Cl.Cl. The Balaban J connectivity index is 0.00000650. The normalized spacial score (nSPS) is 26.4. The molecule has 0 unspecified atom stereocenters. The summed E-state index contributed by atoms with van der Waals surface area (Å²) >= 11 is 0. The van der Waals surface area contributed by atoms with Crippen LogP contribution in [0.4, 0.5) is 17.1 Å². The number of methoxy groups -OCH3 is 1. The third kappa shape index (κ3) is 17.7. The van der Waals surface area contributed by atoms with E-state index in [-0.39, 0.29) is 85.7 Å². The zero-order valence-corrected chi connectivity index (χ0v) is 55.6. The Hall–Kier alpha value is -7.61. The number of phenolic OH excluding ortho intramolecular Hbond substituents is 1. The summed E-state index contributed by atoms with van der Waals surface area (Å²) in [7, 11) is 1.79. The number of nitrogens with one attached hydrogen (secondary N) is 5. The summed E-state index contributed by atoms with van der Waals surface area (Å²) in [6.07, 6.45) is -10.0. The summed E-state index contributed by atoms with van der Waals surface area (Å²) in [5.74, 6) is -8.50. The maximum atomic E-state index is 14.7. The number of benzene rings is 4. The number of rotatable bonds is 17. The molecule has 0 radical (unpaired) electrons. The van der Waals surface area contributed by atoms with Gasteiger partial charge in [-0.3, -0.25) is 33.6 Å². The monoisotopic (exact) mass is 1380 g/mol. The molecule has 0 saturated carbocycles. The molecule has 5 fully saturated rings. The number of carbonyl (C=O) groups is 7. The summed E-state index contributed by atoms with van der Waals surface area (Å²) in [4.78, 5) is 110. The van der Waals surface area contributed by atoms with Crippen molar-refractivity contribution in [2.75, 3.05) is 100 Å². The lowest BCUT2D eigenvalue weighted by Crippen LogP contribution is -2.64. The van der Waals surface area contributed by atoms with Gasteiger partial charge in [0.2, 0.25) is 35.4 Å². The molecule has 30 heteroatoms. The van der Waals surface area contributed by atoms with Crippen molar-refractivity contribution < 1.29 is 78.8 Å². The van der Waals surface area contributed by atoms with E-state index in [2.05, 4.69) is 77.7 Å². The number of aromatic hydroxyl groups is 1. The predicted molar refractivity (Wildman–Crippen MR) is 360 cm³/mol. The maximum absolute atomic E-state index is 14.7. The summed E-state index contributed by atoms with van der Waals surface area (Å²) in [6.45, 7) is 5.63. The lowest BCUT2D eigenvalue weighted by molar-refractivity contribution is -0.147. The highest BCUT2D eigenvalue weighted by Crippen LogP contribution is 2.38. The molecule has 0 aromatic heterocycles. The van der Waals surface area contributed by atoms with Gasteiger partial charge in [0.05, 0.1) is 42.2 Å². The topological polar surface area (TPSA) is 408 Å². The molecule has 16 N–H and O–H groups in total. The minimum Gasteiger partial charge on any atom is -0.504 e. The van der Waals surface area contributed by atoms with Crippen LogP contribution in [-0.4, -0.2) is 245 Å². The van der Waals surface area contributed by atoms with Gasteiger partial charge in [0.1, 0.15) is 42.9 Å². The average Bonchev–Trinajstić information content (AvgIpc) is 1.70. The molecular weight excluding hydrogens is 1290 g/mol. The van der Waals surface area contributed by atoms with Gasteiger partial charge in [-0.1, -0.05) is 43.3 Å². The Kier molecular flexibility index (Phi) is 26.9. The number of phenols is 1. The number of amides is 7. The van der Waals surface area contributed by atoms with Crippen molar-refractivity contribution in [1.29, 1.82) is 0 Å². The molecule has 4 aromatic rings. The van der Waals surface area contributed by atoms with Crippen LogP contribution in [0.25, 0.3) is 0 Å². The number of aliphatic hydroxyl groups excluding tert-OH is 6. The highest BCUT2D eigenvalue weighted by Gasteiger charge is 2.50. The number of nitrogens with zero attached hydrogens (tertiary/aromatic N) is 5. The fourth-order valence-electron chi connectivity index (χ4n) is 13.2. The van der Waals surface area contributed by atoms with E-state index < -0.39 is 152 Å². The average molecular weight is 1380 g/mol. The molecule has 96 heavy (non-hydrogen) atoms. The van der Waals surface area contributed by atoms with Gasteiger partial charge in [-0.25, -0.2) is 0 Å². The zero-order chi connectivity index (χ0) is 67.5. The number of fused-ring (bicyclic) bond motifs is 2. The van der Waals surface area contributed by atoms with Crippen LogP contribution < -0.4 is 57.5 Å². The van der Waals surface area contributed by atoms with Crippen LogP contribution in [0.2, 0.25) is 0 Å². The third-order valence-corrected chi connectivity index (χ3v) is 18.7. The number of aliphatic hydroxyl groups is 6. The first-order valence-corrected chi connectivity index (χ1v) is 32.1. The van der Waals surface area contributed by atoms with Gasteiger partial charge in [0.15, 0.2) is 11.5 Å². The number of piperidine rings is 1. The van der Waals surface area contributed by atoms with Crippen molar-refractivity contribution >= 4 is 83.2 Å². The van der Waals surface area contributed by atoms with Crippen LogP contribution in [-0.2, 0) is 45.5 Å². The largest absolute Gasteiger partial charge is 0.504 e. The first-order valence-electron chi connectivity index (χ1n) is 32.1. The van der Waals surface area contributed by atoms with E-state index in [0.29, 0.717) is 13.1 Å². The first kappa shape index (κ1) is 75.8.